The van der Waals surface area contributed by atoms with E-state index in [0.29, 0.717) is 24.7 Å². The van der Waals surface area contributed by atoms with Crippen LogP contribution in [0.25, 0.3) is 11.0 Å². The molecule has 2 aromatic heterocycles. The smallest absolute Gasteiger partial charge is 0.352 e. The summed E-state index contributed by atoms with van der Waals surface area (Å²) >= 11 is 0. The second-order valence-corrected chi connectivity index (χ2v) is 5.26. The van der Waals surface area contributed by atoms with E-state index in [1.54, 1.807) is 6.20 Å². The Balaban J connectivity index is 2.16. The number of fused-ring (bicyclic) bond motifs is 1. The van der Waals surface area contributed by atoms with E-state index in [2.05, 4.69) is 10.3 Å². The Labute approximate surface area is 117 Å². The van der Waals surface area contributed by atoms with E-state index in [-0.39, 0.29) is 0 Å². The van der Waals surface area contributed by atoms with Gasteiger partial charge in [-0.15, -0.1) is 0 Å². The standard InChI is InChI=1S/C15H19N3O2/c1-2-11-13-12(6-4-8-17-13)18(14(11)15(19)20)9-10-5-3-7-16-10/h4,6,8,10,16H,2-3,5,7,9H2,1H3,(H,19,20)/t10-/m1/s1. The van der Waals surface area contributed by atoms with Crippen molar-refractivity contribution >= 4 is 17.0 Å². The van der Waals surface area contributed by atoms with Crippen molar-refractivity contribution in [1.29, 1.82) is 0 Å². The molecule has 5 nitrogen and oxygen atoms in total. The number of nitrogens with one attached hydrogen (secondary N) is 1. The van der Waals surface area contributed by atoms with E-state index >= 15 is 0 Å². The third kappa shape index (κ3) is 2.08. The largest absolute Gasteiger partial charge is 0.477 e. The molecule has 1 aliphatic heterocycles. The predicted octanol–water partition coefficient (Wildman–Crippen LogP) is 2.05. The Morgan fingerprint density at radius 1 is 1.60 bits per heavy atom. The van der Waals surface area contributed by atoms with Crippen molar-refractivity contribution in [3.05, 3.63) is 29.6 Å². The fraction of sp³-hybridized carbons (Fsp3) is 0.467. The highest BCUT2D eigenvalue weighted by Crippen LogP contribution is 2.26. The number of carboxylic acids is 1. The lowest BCUT2D eigenvalue weighted by Crippen LogP contribution is -2.28. The maximum Gasteiger partial charge on any atom is 0.352 e. The van der Waals surface area contributed by atoms with Gasteiger partial charge in [0, 0.05) is 24.3 Å². The number of pyridine rings is 1. The van der Waals surface area contributed by atoms with Crippen molar-refractivity contribution in [1.82, 2.24) is 14.9 Å². The van der Waals surface area contributed by atoms with Crippen LogP contribution in [0, 0.1) is 0 Å². The topological polar surface area (TPSA) is 67.2 Å². The summed E-state index contributed by atoms with van der Waals surface area (Å²) < 4.78 is 1.92. The minimum atomic E-state index is -0.863. The van der Waals surface area contributed by atoms with Crippen LogP contribution in [0.15, 0.2) is 18.3 Å². The van der Waals surface area contributed by atoms with Crippen molar-refractivity contribution in [2.45, 2.75) is 38.8 Å². The second-order valence-electron chi connectivity index (χ2n) is 5.26. The van der Waals surface area contributed by atoms with Gasteiger partial charge in [0.15, 0.2) is 0 Å². The molecule has 0 aliphatic carbocycles. The molecule has 2 N–H and O–H groups in total. The molecule has 0 saturated carbocycles. The van der Waals surface area contributed by atoms with E-state index in [9.17, 15) is 9.90 Å². The number of aromatic carboxylic acids is 1. The molecule has 0 spiro atoms. The van der Waals surface area contributed by atoms with Crippen LogP contribution in [-0.4, -0.2) is 33.2 Å². The Bertz CT molecular complexity index is 642. The Hall–Kier alpha value is -1.88. The van der Waals surface area contributed by atoms with E-state index in [1.807, 2.05) is 23.6 Å². The van der Waals surface area contributed by atoms with E-state index < -0.39 is 5.97 Å². The number of hydrogen-bond donors (Lipinski definition) is 2. The summed E-state index contributed by atoms with van der Waals surface area (Å²) in [4.78, 5) is 16.1. The van der Waals surface area contributed by atoms with Gasteiger partial charge < -0.3 is 15.0 Å². The fourth-order valence-electron chi connectivity index (χ4n) is 3.14. The van der Waals surface area contributed by atoms with Crippen LogP contribution in [0.4, 0.5) is 0 Å². The van der Waals surface area contributed by atoms with Gasteiger partial charge >= 0.3 is 5.97 Å². The molecule has 1 atom stereocenters. The lowest BCUT2D eigenvalue weighted by molar-refractivity contribution is 0.0684. The molecule has 0 unspecified atom stereocenters. The van der Waals surface area contributed by atoms with Gasteiger partial charge in [-0.25, -0.2) is 4.79 Å². The highest BCUT2D eigenvalue weighted by Gasteiger charge is 2.24. The normalized spacial score (nSPS) is 18.8. The Morgan fingerprint density at radius 2 is 2.45 bits per heavy atom. The third-order valence-electron chi connectivity index (χ3n) is 4.04. The number of rotatable bonds is 4. The molecule has 5 heteroatoms. The Kier molecular flexibility index (Phi) is 3.44. The highest BCUT2D eigenvalue weighted by molar-refractivity contribution is 5.96. The zero-order valence-electron chi connectivity index (χ0n) is 11.6. The number of carbonyl (C=O) groups is 1. The van der Waals surface area contributed by atoms with Crippen LogP contribution in [-0.2, 0) is 13.0 Å². The molecule has 1 fully saturated rings. The maximum absolute atomic E-state index is 11.7. The van der Waals surface area contributed by atoms with Gasteiger partial charge in [0.1, 0.15) is 5.69 Å². The summed E-state index contributed by atoms with van der Waals surface area (Å²) in [5, 5.41) is 13.0. The van der Waals surface area contributed by atoms with Gasteiger partial charge in [0.2, 0.25) is 0 Å². The molecule has 3 heterocycles. The van der Waals surface area contributed by atoms with Gasteiger partial charge in [0.25, 0.3) is 0 Å². The van der Waals surface area contributed by atoms with Gasteiger partial charge in [-0.2, -0.15) is 0 Å². The summed E-state index contributed by atoms with van der Waals surface area (Å²) in [5.74, 6) is -0.863. The molecule has 0 bridgehead atoms. The summed E-state index contributed by atoms with van der Waals surface area (Å²) in [6.45, 7) is 3.70. The van der Waals surface area contributed by atoms with Gasteiger partial charge in [0.05, 0.1) is 11.0 Å². The van der Waals surface area contributed by atoms with Crippen molar-refractivity contribution in [2.75, 3.05) is 6.54 Å². The predicted molar refractivity (Wildman–Crippen MR) is 77.1 cm³/mol. The van der Waals surface area contributed by atoms with Crippen molar-refractivity contribution in [2.24, 2.45) is 0 Å². The summed E-state index contributed by atoms with van der Waals surface area (Å²) in [6, 6.07) is 4.18. The summed E-state index contributed by atoms with van der Waals surface area (Å²) in [7, 11) is 0. The molecule has 0 radical (unpaired) electrons. The molecular formula is C15H19N3O2. The molecule has 1 saturated heterocycles. The van der Waals surface area contributed by atoms with Crippen molar-refractivity contribution in [3.63, 3.8) is 0 Å². The SMILES string of the molecule is CCc1c(C(=O)O)n(C[C@H]2CCCN2)c2cccnc12. The molecule has 0 aromatic carbocycles. The molecule has 0 amide bonds. The quantitative estimate of drug-likeness (QED) is 0.894. The first-order valence-corrected chi connectivity index (χ1v) is 7.15. The monoisotopic (exact) mass is 273 g/mol. The first-order valence-electron chi connectivity index (χ1n) is 7.15. The molecule has 20 heavy (non-hydrogen) atoms. The zero-order chi connectivity index (χ0) is 14.1. The molecular weight excluding hydrogens is 254 g/mol. The van der Waals surface area contributed by atoms with Crippen LogP contribution in [0.2, 0.25) is 0 Å². The van der Waals surface area contributed by atoms with Crippen molar-refractivity contribution in [3.8, 4) is 0 Å². The molecule has 3 rings (SSSR count). The van der Waals surface area contributed by atoms with Gasteiger partial charge in [-0.05, 0) is 37.9 Å². The minimum Gasteiger partial charge on any atom is -0.477 e. The van der Waals surface area contributed by atoms with Crippen molar-refractivity contribution < 1.29 is 9.90 Å². The number of hydrogen-bond acceptors (Lipinski definition) is 3. The molecule has 2 aromatic rings. The average molecular weight is 273 g/mol. The maximum atomic E-state index is 11.7. The van der Waals surface area contributed by atoms with Gasteiger partial charge in [-0.1, -0.05) is 6.92 Å². The molecule has 106 valence electrons. The van der Waals surface area contributed by atoms with E-state index in [4.69, 9.17) is 0 Å². The second kappa shape index (κ2) is 5.25. The first kappa shape index (κ1) is 13.1. The fourth-order valence-corrected chi connectivity index (χ4v) is 3.14. The van der Waals surface area contributed by atoms with Crippen LogP contribution in [0.5, 0.6) is 0 Å². The zero-order valence-corrected chi connectivity index (χ0v) is 11.6. The average Bonchev–Trinajstić information content (AvgIpc) is 3.05. The van der Waals surface area contributed by atoms with E-state index in [1.165, 1.54) is 0 Å². The third-order valence-corrected chi connectivity index (χ3v) is 4.04. The number of aromatic nitrogens is 2. The Morgan fingerprint density at radius 3 is 3.10 bits per heavy atom. The summed E-state index contributed by atoms with van der Waals surface area (Å²) in [5.41, 5.74) is 2.99. The van der Waals surface area contributed by atoms with Gasteiger partial charge in [-0.3, -0.25) is 4.98 Å². The number of nitrogens with zero attached hydrogens (tertiary/aromatic N) is 2. The van der Waals surface area contributed by atoms with Crippen LogP contribution >= 0.6 is 0 Å². The van der Waals surface area contributed by atoms with Crippen LogP contribution in [0.1, 0.15) is 35.8 Å². The highest BCUT2D eigenvalue weighted by atomic mass is 16.4. The van der Waals surface area contributed by atoms with Crippen LogP contribution in [0.3, 0.4) is 0 Å². The minimum absolute atomic E-state index is 0.355. The molecule has 1 aliphatic rings. The lowest BCUT2D eigenvalue weighted by Gasteiger charge is -2.14. The van der Waals surface area contributed by atoms with Crippen LogP contribution < -0.4 is 5.32 Å². The first-order chi connectivity index (χ1) is 9.72. The summed E-state index contributed by atoms with van der Waals surface area (Å²) in [6.07, 6.45) is 4.66. The number of aryl methyl sites for hydroxylation is 1. The van der Waals surface area contributed by atoms with E-state index in [0.717, 1.165) is 36.0 Å². The number of carboxylic acid groups (broad SMARTS) is 1. The lowest BCUT2D eigenvalue weighted by atomic mass is 10.1.